The fourth-order valence-electron chi connectivity index (χ4n) is 2.78. The number of carboxylic acid groups (broad SMARTS) is 1. The van der Waals surface area contributed by atoms with E-state index in [-0.39, 0.29) is 12.5 Å². The van der Waals surface area contributed by atoms with Crippen LogP contribution in [0.15, 0.2) is 0 Å². The van der Waals surface area contributed by atoms with Gasteiger partial charge < -0.3 is 15.7 Å². The van der Waals surface area contributed by atoms with Crippen LogP contribution in [0.1, 0.15) is 59.3 Å². The third-order valence-corrected chi connectivity index (χ3v) is 4.02. The lowest BCUT2D eigenvalue weighted by atomic mass is 9.81. The molecule has 1 aliphatic rings. The molecule has 0 radical (unpaired) electrons. The van der Waals surface area contributed by atoms with Crippen LogP contribution in [0.5, 0.6) is 0 Å². The molecule has 0 aromatic rings. The molecule has 0 saturated heterocycles. The molecule has 5 heteroatoms. The van der Waals surface area contributed by atoms with Crippen molar-refractivity contribution in [3.8, 4) is 0 Å². The van der Waals surface area contributed by atoms with E-state index in [1.165, 1.54) is 25.7 Å². The molecule has 5 nitrogen and oxygen atoms in total. The number of carbonyl (C=O) groups is 2. The van der Waals surface area contributed by atoms with Crippen molar-refractivity contribution in [3.63, 3.8) is 0 Å². The van der Waals surface area contributed by atoms with Gasteiger partial charge in [0.1, 0.15) is 0 Å². The van der Waals surface area contributed by atoms with Gasteiger partial charge in [0.05, 0.1) is 6.42 Å². The summed E-state index contributed by atoms with van der Waals surface area (Å²) in [5.74, 6) is 0.657. The molecular weight excluding hydrogens is 256 g/mol. The second-order valence-electron chi connectivity index (χ2n) is 6.75. The molecule has 0 bridgehead atoms. The van der Waals surface area contributed by atoms with E-state index >= 15 is 0 Å². The van der Waals surface area contributed by atoms with Gasteiger partial charge >= 0.3 is 12.0 Å². The highest BCUT2D eigenvalue weighted by atomic mass is 16.4. The molecule has 0 aromatic carbocycles. The van der Waals surface area contributed by atoms with Crippen LogP contribution >= 0.6 is 0 Å². The number of hydrogen-bond acceptors (Lipinski definition) is 2. The summed E-state index contributed by atoms with van der Waals surface area (Å²) in [5.41, 5.74) is -0.726. The predicted octanol–water partition coefficient (Wildman–Crippen LogP) is 2.76. The highest BCUT2D eigenvalue weighted by Gasteiger charge is 2.24. The van der Waals surface area contributed by atoms with Crippen molar-refractivity contribution in [2.75, 3.05) is 6.54 Å². The van der Waals surface area contributed by atoms with Gasteiger partial charge in [-0.2, -0.15) is 0 Å². The third-order valence-electron chi connectivity index (χ3n) is 4.02. The first-order chi connectivity index (χ1) is 9.28. The van der Waals surface area contributed by atoms with Crippen molar-refractivity contribution in [3.05, 3.63) is 0 Å². The van der Waals surface area contributed by atoms with Gasteiger partial charge in [-0.1, -0.05) is 32.6 Å². The van der Waals surface area contributed by atoms with Crippen LogP contribution in [0.25, 0.3) is 0 Å². The van der Waals surface area contributed by atoms with Gasteiger partial charge in [-0.25, -0.2) is 4.79 Å². The minimum absolute atomic E-state index is 0.0824. The van der Waals surface area contributed by atoms with Crippen LogP contribution < -0.4 is 10.6 Å². The summed E-state index contributed by atoms with van der Waals surface area (Å²) < 4.78 is 0. The highest BCUT2D eigenvalue weighted by Crippen LogP contribution is 2.29. The Hall–Kier alpha value is -1.26. The first-order valence-corrected chi connectivity index (χ1v) is 7.56. The van der Waals surface area contributed by atoms with Crippen LogP contribution in [0.2, 0.25) is 0 Å². The Kier molecular flexibility index (Phi) is 6.30. The van der Waals surface area contributed by atoms with Crippen LogP contribution in [-0.4, -0.2) is 29.2 Å². The summed E-state index contributed by atoms with van der Waals surface area (Å²) in [6, 6.07) is -0.277. The predicted molar refractivity (Wildman–Crippen MR) is 78.6 cm³/mol. The summed E-state index contributed by atoms with van der Waals surface area (Å²) in [6.07, 6.45) is 6.04. The lowest BCUT2D eigenvalue weighted by Gasteiger charge is -2.27. The van der Waals surface area contributed by atoms with Crippen LogP contribution in [0.3, 0.4) is 0 Å². The van der Waals surface area contributed by atoms with Crippen molar-refractivity contribution in [2.24, 2.45) is 11.8 Å². The highest BCUT2D eigenvalue weighted by molar-refractivity contribution is 5.76. The molecule has 0 atom stereocenters. The second-order valence-corrected chi connectivity index (χ2v) is 6.75. The average molecular weight is 284 g/mol. The van der Waals surface area contributed by atoms with Gasteiger partial charge in [-0.15, -0.1) is 0 Å². The van der Waals surface area contributed by atoms with Crippen molar-refractivity contribution >= 4 is 12.0 Å². The first-order valence-electron chi connectivity index (χ1n) is 7.56. The van der Waals surface area contributed by atoms with Gasteiger partial charge in [-0.3, -0.25) is 4.79 Å². The van der Waals surface area contributed by atoms with E-state index in [1.807, 2.05) is 0 Å². The van der Waals surface area contributed by atoms with E-state index in [0.29, 0.717) is 6.54 Å². The zero-order chi connectivity index (χ0) is 15.2. The van der Waals surface area contributed by atoms with Crippen LogP contribution in [-0.2, 0) is 4.79 Å². The number of amides is 2. The maximum Gasteiger partial charge on any atom is 0.315 e. The lowest BCUT2D eigenvalue weighted by Crippen LogP contribution is -2.49. The maximum atomic E-state index is 11.7. The molecule has 116 valence electrons. The summed E-state index contributed by atoms with van der Waals surface area (Å²) in [4.78, 5) is 22.4. The summed E-state index contributed by atoms with van der Waals surface area (Å²) in [6.45, 7) is 6.38. The molecule has 0 spiro atoms. The van der Waals surface area contributed by atoms with Gasteiger partial charge in [0, 0.05) is 12.1 Å². The third kappa shape index (κ3) is 6.78. The van der Waals surface area contributed by atoms with Crippen molar-refractivity contribution in [1.29, 1.82) is 0 Å². The number of carbonyl (C=O) groups excluding carboxylic acids is 1. The second kappa shape index (κ2) is 7.50. The smallest absolute Gasteiger partial charge is 0.315 e. The molecule has 0 aromatic heterocycles. The Bertz CT molecular complexity index is 334. The first kappa shape index (κ1) is 16.8. The Morgan fingerprint density at radius 1 is 1.20 bits per heavy atom. The van der Waals surface area contributed by atoms with E-state index in [9.17, 15) is 9.59 Å². The molecular formula is C15H28N2O3. The molecule has 0 heterocycles. The molecule has 1 saturated carbocycles. The molecule has 1 fully saturated rings. The Morgan fingerprint density at radius 2 is 1.80 bits per heavy atom. The quantitative estimate of drug-likeness (QED) is 0.701. The fraction of sp³-hybridized carbons (Fsp3) is 0.867. The average Bonchev–Trinajstić information content (AvgIpc) is 2.29. The van der Waals surface area contributed by atoms with Crippen LogP contribution in [0.4, 0.5) is 4.79 Å². The zero-order valence-electron chi connectivity index (χ0n) is 12.9. The van der Waals surface area contributed by atoms with Crippen molar-refractivity contribution in [2.45, 2.75) is 64.8 Å². The van der Waals surface area contributed by atoms with Crippen molar-refractivity contribution < 1.29 is 14.7 Å². The minimum Gasteiger partial charge on any atom is -0.481 e. The van der Waals surface area contributed by atoms with Gasteiger partial charge in [0.15, 0.2) is 0 Å². The van der Waals surface area contributed by atoms with Gasteiger partial charge in [0.25, 0.3) is 0 Å². The standard InChI is InChI=1S/C15H28N2O3/c1-11-4-6-12(7-5-11)8-9-16-14(20)17-15(2,3)10-13(18)19/h11-12H,4-10H2,1-3H3,(H,18,19)(H2,16,17,20). The molecule has 1 rings (SSSR count). The van der Waals surface area contributed by atoms with Crippen LogP contribution in [0, 0.1) is 11.8 Å². The monoisotopic (exact) mass is 284 g/mol. The Labute approximate surface area is 121 Å². The number of rotatable bonds is 6. The molecule has 2 amide bonds. The zero-order valence-corrected chi connectivity index (χ0v) is 12.9. The molecule has 3 N–H and O–H groups in total. The molecule has 20 heavy (non-hydrogen) atoms. The van der Waals surface area contributed by atoms with E-state index in [2.05, 4.69) is 17.6 Å². The fourth-order valence-corrected chi connectivity index (χ4v) is 2.78. The Balaban J connectivity index is 2.18. The number of hydrogen-bond donors (Lipinski definition) is 3. The molecule has 0 aliphatic heterocycles. The van der Waals surface area contributed by atoms with E-state index in [0.717, 1.165) is 18.3 Å². The number of nitrogens with one attached hydrogen (secondary N) is 2. The van der Waals surface area contributed by atoms with E-state index < -0.39 is 11.5 Å². The maximum absolute atomic E-state index is 11.7. The molecule has 0 unspecified atom stereocenters. The van der Waals surface area contributed by atoms with E-state index in [4.69, 9.17) is 5.11 Å². The summed E-state index contributed by atoms with van der Waals surface area (Å²) in [7, 11) is 0. The Morgan fingerprint density at radius 3 is 2.35 bits per heavy atom. The number of aliphatic carboxylic acids is 1. The van der Waals surface area contributed by atoms with Gasteiger partial charge in [-0.05, 0) is 32.1 Å². The lowest BCUT2D eigenvalue weighted by molar-refractivity contribution is -0.138. The summed E-state index contributed by atoms with van der Waals surface area (Å²) >= 11 is 0. The summed E-state index contributed by atoms with van der Waals surface area (Å²) in [5, 5.41) is 14.3. The number of urea groups is 1. The largest absolute Gasteiger partial charge is 0.481 e. The normalized spacial score (nSPS) is 23.1. The van der Waals surface area contributed by atoms with E-state index in [1.54, 1.807) is 13.8 Å². The number of carboxylic acids is 1. The minimum atomic E-state index is -0.911. The topological polar surface area (TPSA) is 78.4 Å². The molecule has 1 aliphatic carbocycles. The van der Waals surface area contributed by atoms with Crippen molar-refractivity contribution in [1.82, 2.24) is 10.6 Å². The van der Waals surface area contributed by atoms with Gasteiger partial charge in [0.2, 0.25) is 0 Å². The SMILES string of the molecule is CC1CCC(CCNC(=O)NC(C)(C)CC(=O)O)CC1.